The van der Waals surface area contributed by atoms with Crippen LogP contribution in [0.1, 0.15) is 93.9 Å². The van der Waals surface area contributed by atoms with Crippen LogP contribution in [0.15, 0.2) is 122 Å². The molecule has 5 heterocycles. The second-order valence-corrected chi connectivity index (χ2v) is 25.4. The van der Waals surface area contributed by atoms with Gasteiger partial charge in [0.15, 0.2) is 0 Å². The van der Waals surface area contributed by atoms with Gasteiger partial charge in [0.05, 0.1) is 13.0 Å². The van der Waals surface area contributed by atoms with E-state index in [0.717, 1.165) is 4.90 Å². The van der Waals surface area contributed by atoms with Crippen molar-refractivity contribution in [2.24, 2.45) is 5.92 Å². The fourth-order valence-corrected chi connectivity index (χ4v) is 12.9. The molecule has 3 saturated heterocycles. The molecule has 28 heteroatoms. The van der Waals surface area contributed by atoms with Crippen molar-refractivity contribution >= 4 is 98.8 Å². The summed E-state index contributed by atoms with van der Waals surface area (Å²) in [5.74, 6) is -13.9. The number of carbonyl (C=O) groups is 13. The largest absolute Gasteiger partial charge is 0.481 e. The molecular formula is C70H82N12O16. The first-order chi connectivity index (χ1) is 47.0. The Morgan fingerprint density at radius 1 is 0.439 bits per heavy atom. The van der Waals surface area contributed by atoms with Crippen LogP contribution >= 0.6 is 0 Å². The number of aromatic amines is 2. The van der Waals surface area contributed by atoms with Crippen LogP contribution in [0, 0.1) is 5.92 Å². The Bertz CT molecular complexity index is 3930. The van der Waals surface area contributed by atoms with Gasteiger partial charge in [0.1, 0.15) is 54.4 Å². The van der Waals surface area contributed by atoms with Crippen molar-refractivity contribution in [3.05, 3.63) is 144 Å². The van der Waals surface area contributed by atoms with Crippen LogP contribution in [0.4, 0.5) is 0 Å². The van der Waals surface area contributed by atoms with E-state index in [9.17, 15) is 63.3 Å². The van der Waals surface area contributed by atoms with E-state index in [1.165, 1.54) is 9.80 Å². The van der Waals surface area contributed by atoms with Crippen LogP contribution in [0.5, 0.6) is 0 Å². The van der Waals surface area contributed by atoms with Crippen molar-refractivity contribution in [1.82, 2.24) is 61.9 Å². The summed E-state index contributed by atoms with van der Waals surface area (Å²) in [6.45, 7) is 2.53. The van der Waals surface area contributed by atoms with Gasteiger partial charge in [-0.15, -0.1) is 0 Å². The van der Waals surface area contributed by atoms with Gasteiger partial charge in [0.2, 0.25) is 59.1 Å². The summed E-state index contributed by atoms with van der Waals surface area (Å²) >= 11 is 0. The highest BCUT2D eigenvalue weighted by Crippen LogP contribution is 2.28. The van der Waals surface area contributed by atoms with E-state index in [1.807, 2.05) is 0 Å². The average molecular weight is 1350 g/mol. The zero-order valence-electron chi connectivity index (χ0n) is 54.3. The summed E-state index contributed by atoms with van der Waals surface area (Å²) in [7, 11) is 0. The maximum atomic E-state index is 15.3. The maximum absolute atomic E-state index is 15.3. The number of carboxylic acid groups (broad SMARTS) is 3. The van der Waals surface area contributed by atoms with Crippen LogP contribution in [0.25, 0.3) is 21.8 Å². The number of hydrogen-bond acceptors (Lipinski definition) is 13. The summed E-state index contributed by atoms with van der Waals surface area (Å²) in [5, 5.41) is 49.9. The number of nitrogens with one attached hydrogen (secondary N) is 9. The lowest BCUT2D eigenvalue weighted by atomic mass is 10.0. The lowest BCUT2D eigenvalue weighted by Gasteiger charge is -2.34. The molecule has 9 atom stereocenters. The van der Waals surface area contributed by atoms with Crippen molar-refractivity contribution in [3.63, 3.8) is 0 Å². The molecule has 9 rings (SSSR count). The zero-order chi connectivity index (χ0) is 70.2. The minimum Gasteiger partial charge on any atom is -0.481 e. The third-order valence-electron chi connectivity index (χ3n) is 17.7. The molecule has 518 valence electrons. The van der Waals surface area contributed by atoms with Gasteiger partial charge in [-0.3, -0.25) is 62.3 Å². The lowest BCUT2D eigenvalue weighted by molar-refractivity contribution is -0.148. The first-order valence-corrected chi connectivity index (χ1v) is 32.8. The summed E-state index contributed by atoms with van der Waals surface area (Å²) in [6, 6.07) is 17.2. The van der Waals surface area contributed by atoms with E-state index >= 15 is 14.4 Å². The number of rotatable bonds is 18. The number of benzene rings is 4. The minimum absolute atomic E-state index is 0.0307. The number of fused-ring (bicyclic) bond motifs is 4. The topological polar surface area (TPSA) is 408 Å². The van der Waals surface area contributed by atoms with E-state index in [0.29, 0.717) is 56.9 Å². The Morgan fingerprint density at radius 3 is 1.36 bits per heavy atom. The molecule has 0 spiro atoms. The first-order valence-electron chi connectivity index (χ1n) is 32.8. The van der Waals surface area contributed by atoms with Crippen molar-refractivity contribution in [1.29, 1.82) is 0 Å². The minimum atomic E-state index is -1.96. The number of carboxylic acids is 3. The van der Waals surface area contributed by atoms with Gasteiger partial charge >= 0.3 is 17.9 Å². The molecule has 0 unspecified atom stereocenters. The summed E-state index contributed by atoms with van der Waals surface area (Å²) in [5.41, 5.74) is 3.37. The molecule has 4 aromatic carbocycles. The second kappa shape index (κ2) is 33.2. The molecule has 0 bridgehead atoms. The summed E-state index contributed by atoms with van der Waals surface area (Å²) < 4.78 is 0. The van der Waals surface area contributed by atoms with Gasteiger partial charge in [-0.05, 0) is 78.8 Å². The Morgan fingerprint density at radius 2 is 0.847 bits per heavy atom. The van der Waals surface area contributed by atoms with E-state index < -0.39 is 170 Å². The second-order valence-electron chi connectivity index (χ2n) is 25.4. The van der Waals surface area contributed by atoms with Gasteiger partial charge in [-0.2, -0.15) is 0 Å². The number of hydrogen-bond donors (Lipinski definition) is 12. The molecule has 12 N–H and O–H groups in total. The molecule has 0 saturated carbocycles. The number of carbonyl (C=O) groups excluding carboxylic acids is 10. The molecule has 28 nitrogen and oxygen atoms in total. The molecule has 0 radical (unpaired) electrons. The highest BCUT2D eigenvalue weighted by molar-refractivity contribution is 6.01. The van der Waals surface area contributed by atoms with Crippen LogP contribution in [-0.4, -0.2) is 198 Å². The molecule has 10 amide bonds. The molecule has 2 aromatic heterocycles. The molecule has 3 aliphatic rings. The molecular weight excluding hydrogens is 1260 g/mol. The maximum Gasteiger partial charge on any atom is 0.305 e. The Labute approximate surface area is 563 Å². The highest BCUT2D eigenvalue weighted by atomic mass is 16.4. The SMILES string of the molecule is CC(C)CN1CC(=O)N[C@@H](CC(=O)O)C(=O)N[C@@H](Cc2c[nH]c3ccccc23)C(=O)N[C@@H](CCC(=O)O)C(=O)N[C@@H](Cc2ccccc2)C(=O)N2CCC[C@@H]2C(=O)N2CCC[C@H]2C(=O)N[C@@H](Cc2ccccc2)C(=O)N[C@@H](CCC(=O)O)C(=O)N[C@@H](Cc2c[nH]c3ccccc23)C1=O. The van der Waals surface area contributed by atoms with Gasteiger partial charge < -0.3 is 77.2 Å². The van der Waals surface area contributed by atoms with E-state index in [4.69, 9.17) is 0 Å². The summed E-state index contributed by atoms with van der Waals surface area (Å²) in [6.07, 6.45) is -0.307. The fraction of sp³-hybridized carbons (Fsp3) is 0.414. The Hall–Kier alpha value is -10.9. The molecule has 3 fully saturated rings. The first kappa shape index (κ1) is 71.4. The third kappa shape index (κ3) is 18.8. The van der Waals surface area contributed by atoms with Crippen molar-refractivity contribution in [2.45, 2.75) is 152 Å². The van der Waals surface area contributed by atoms with E-state index in [-0.39, 0.29) is 64.1 Å². The van der Waals surface area contributed by atoms with Gasteiger partial charge in [-0.1, -0.05) is 111 Å². The number of nitrogens with zero attached hydrogens (tertiary/aromatic N) is 3. The van der Waals surface area contributed by atoms with Gasteiger partial charge in [0, 0.05) is 92.4 Å². The standard InChI is InChI=1S/C70H82N12O16/c1-40(2)38-80-39-58(83)73-53(35-61(88)89)66(94)76-52(33-43-36-71-47-21-11-9-19-45(43)47)65(93)75-49(25-27-59(84)85)62(90)78-54(32-42-17-7-4-8-18-42)69(97)82-30-14-24-57(82)70(98)81-29-13-23-56(81)67(95)77-51(31-41-15-5-3-6-16-41)64(92)74-50(26-28-60(86)87)63(91)79-55(68(80)96)34-44-37-72-48-22-12-10-20-46(44)48/h3-12,15-22,36-37,40,49-57,71-72H,13-14,23-35,38-39H2,1-2H3,(H,73,83)(H,74,92)(H,75,93)(H,76,94)(H,77,95)(H,78,90)(H,79,91)(H,84,85)(H,86,87)(H,88,89)/t49-,50-,51-,52-,53-,54-,55-,56-,57+/m0/s1. The number of H-pyrrole nitrogens is 2. The Kier molecular flexibility index (Phi) is 24.1. The van der Waals surface area contributed by atoms with Gasteiger partial charge in [-0.25, -0.2) is 0 Å². The highest BCUT2D eigenvalue weighted by Gasteiger charge is 2.45. The monoisotopic (exact) mass is 1350 g/mol. The predicted octanol–water partition coefficient (Wildman–Crippen LogP) is 2.00. The normalized spacial score (nSPS) is 23.3. The Balaban J connectivity index is 1.12. The third-order valence-corrected chi connectivity index (χ3v) is 17.7. The van der Waals surface area contributed by atoms with E-state index in [1.54, 1.807) is 135 Å². The molecule has 0 aliphatic carbocycles. The number of amides is 10. The van der Waals surface area contributed by atoms with Crippen molar-refractivity contribution in [2.75, 3.05) is 26.2 Å². The number of aromatic nitrogens is 2. The number of para-hydroxylation sites is 2. The fourth-order valence-electron chi connectivity index (χ4n) is 12.9. The molecule has 3 aliphatic heterocycles. The van der Waals surface area contributed by atoms with Crippen molar-refractivity contribution in [3.8, 4) is 0 Å². The van der Waals surface area contributed by atoms with Crippen molar-refractivity contribution < 1.29 is 77.6 Å². The van der Waals surface area contributed by atoms with Crippen LogP contribution in [0.2, 0.25) is 0 Å². The van der Waals surface area contributed by atoms with Crippen LogP contribution in [-0.2, 0) is 88.0 Å². The quantitative estimate of drug-likeness (QED) is 0.0585. The zero-order valence-corrected chi connectivity index (χ0v) is 54.3. The van der Waals surface area contributed by atoms with Crippen LogP contribution in [0.3, 0.4) is 0 Å². The molecule has 6 aromatic rings. The molecule has 98 heavy (non-hydrogen) atoms. The predicted molar refractivity (Wildman–Crippen MR) is 355 cm³/mol. The smallest absolute Gasteiger partial charge is 0.305 e. The number of aliphatic carboxylic acids is 3. The van der Waals surface area contributed by atoms with E-state index in [2.05, 4.69) is 47.2 Å². The summed E-state index contributed by atoms with van der Waals surface area (Å²) in [4.78, 5) is 197. The van der Waals surface area contributed by atoms with Crippen LogP contribution < -0.4 is 37.2 Å². The average Bonchev–Trinajstić information content (AvgIpc) is 1.75. The van der Waals surface area contributed by atoms with Gasteiger partial charge in [0.25, 0.3) is 0 Å². The lowest BCUT2D eigenvalue weighted by Crippen LogP contribution is -2.61.